The second-order valence-corrected chi connectivity index (χ2v) is 2.59. The third kappa shape index (κ3) is 3.03. The van der Waals surface area contributed by atoms with Crippen molar-refractivity contribution in [2.75, 3.05) is 7.11 Å². The van der Waals surface area contributed by atoms with E-state index in [1.807, 2.05) is 0 Å². The van der Waals surface area contributed by atoms with Crippen molar-refractivity contribution in [3.8, 4) is 0 Å². The molecule has 0 saturated heterocycles. The van der Waals surface area contributed by atoms with Gasteiger partial charge >= 0.3 is 17.9 Å². The fourth-order valence-electron chi connectivity index (χ4n) is 0.706. The first kappa shape index (κ1) is 13.6. The highest BCUT2D eigenvalue weighted by atomic mass is 19.4. The van der Waals surface area contributed by atoms with Gasteiger partial charge in [0.05, 0.1) is 24.9 Å². The molecular formula is C6H7F4NO4. The minimum atomic E-state index is -5.66. The number of carbonyl (C=O) groups excluding carboxylic acids is 1. The molecule has 88 valence electrons. The molecule has 0 N–H and O–H groups in total. The van der Waals surface area contributed by atoms with Crippen LogP contribution >= 0.6 is 0 Å². The van der Waals surface area contributed by atoms with Gasteiger partial charge in [-0.05, 0) is 0 Å². The predicted molar refractivity (Wildman–Crippen MR) is 38.1 cm³/mol. The molecule has 0 bridgehead atoms. The van der Waals surface area contributed by atoms with Gasteiger partial charge in [-0.3, -0.25) is 14.9 Å². The Labute approximate surface area is 81.2 Å². The number of nitro groups is 1. The first-order valence-corrected chi connectivity index (χ1v) is 3.62. The minimum absolute atomic E-state index is 0.877. The summed E-state index contributed by atoms with van der Waals surface area (Å²) in [5, 5.41) is 9.93. The number of nitrogens with zero attached hydrogens (tertiary/aromatic N) is 1. The Balaban J connectivity index is 4.69. The molecule has 1 unspecified atom stereocenters. The van der Waals surface area contributed by atoms with Crippen molar-refractivity contribution in [2.45, 2.75) is 24.8 Å². The van der Waals surface area contributed by atoms with Crippen molar-refractivity contribution < 1.29 is 32.0 Å². The molecule has 0 amide bonds. The van der Waals surface area contributed by atoms with E-state index in [9.17, 15) is 32.5 Å². The summed E-state index contributed by atoms with van der Waals surface area (Å²) >= 11 is 0. The van der Waals surface area contributed by atoms with Gasteiger partial charge in [-0.25, -0.2) is 0 Å². The molecule has 0 saturated carbocycles. The fraction of sp³-hybridized carbons (Fsp3) is 0.833. The van der Waals surface area contributed by atoms with Gasteiger partial charge < -0.3 is 4.74 Å². The molecule has 0 aromatic heterocycles. The van der Waals surface area contributed by atoms with Crippen LogP contribution in [0.5, 0.6) is 0 Å². The minimum Gasteiger partial charge on any atom is -0.469 e. The van der Waals surface area contributed by atoms with Gasteiger partial charge in [0.1, 0.15) is 0 Å². The third-order valence-corrected chi connectivity index (χ3v) is 1.61. The van der Waals surface area contributed by atoms with Crippen LogP contribution in [-0.2, 0) is 9.53 Å². The van der Waals surface area contributed by atoms with E-state index < -0.39 is 35.7 Å². The predicted octanol–water partition coefficient (Wildman–Crippen LogP) is 1.44. The smallest absolute Gasteiger partial charge is 0.469 e. The maximum atomic E-state index is 12.9. The van der Waals surface area contributed by atoms with Crippen LogP contribution in [-0.4, -0.2) is 30.0 Å². The number of ether oxygens (including phenoxy) is 1. The van der Waals surface area contributed by atoms with Crippen LogP contribution in [0.4, 0.5) is 17.6 Å². The monoisotopic (exact) mass is 233 g/mol. The maximum Gasteiger partial charge on any atom is 0.494 e. The van der Waals surface area contributed by atoms with Gasteiger partial charge in [-0.2, -0.15) is 17.6 Å². The van der Waals surface area contributed by atoms with Crippen LogP contribution in [0.25, 0.3) is 0 Å². The quantitative estimate of drug-likeness (QED) is 0.242. The van der Waals surface area contributed by atoms with Gasteiger partial charge in [0.25, 0.3) is 0 Å². The van der Waals surface area contributed by atoms with Crippen molar-refractivity contribution in [3.05, 3.63) is 10.1 Å². The zero-order valence-corrected chi connectivity index (χ0v) is 7.51. The van der Waals surface area contributed by atoms with Gasteiger partial charge in [-0.15, -0.1) is 0 Å². The topological polar surface area (TPSA) is 69.4 Å². The standard InChI is InChI=1S/C6H7F4NO4/c1-15-4(12)2-3-5(7,11(13)14)6(8,9)10/h2-3H2,1H3. The lowest BCUT2D eigenvalue weighted by atomic mass is 10.1. The second-order valence-electron chi connectivity index (χ2n) is 2.59. The number of methoxy groups -OCH3 is 1. The van der Waals surface area contributed by atoms with Crippen molar-refractivity contribution in [1.29, 1.82) is 0 Å². The Morgan fingerprint density at radius 2 is 1.87 bits per heavy atom. The molecule has 0 radical (unpaired) electrons. The first-order valence-electron chi connectivity index (χ1n) is 3.62. The Kier molecular flexibility index (Phi) is 3.99. The zero-order valence-electron chi connectivity index (χ0n) is 7.51. The molecule has 0 aromatic carbocycles. The summed E-state index contributed by atoms with van der Waals surface area (Å²) in [5.74, 6) is -5.76. The van der Waals surface area contributed by atoms with Crippen LogP contribution in [0.3, 0.4) is 0 Å². The molecule has 9 heteroatoms. The van der Waals surface area contributed by atoms with Crippen LogP contribution < -0.4 is 0 Å². The lowest BCUT2D eigenvalue weighted by Crippen LogP contribution is -2.48. The first-order chi connectivity index (χ1) is 6.65. The summed E-state index contributed by atoms with van der Waals surface area (Å²) in [6, 6.07) is 0. The number of hydrogen-bond acceptors (Lipinski definition) is 4. The lowest BCUT2D eigenvalue weighted by Gasteiger charge is -2.18. The van der Waals surface area contributed by atoms with Crippen LogP contribution in [0.15, 0.2) is 0 Å². The summed E-state index contributed by atoms with van der Waals surface area (Å²) in [6.45, 7) is 0. The summed E-state index contributed by atoms with van der Waals surface area (Å²) in [4.78, 5) is 18.3. The van der Waals surface area contributed by atoms with Gasteiger partial charge in [-0.1, -0.05) is 0 Å². The van der Waals surface area contributed by atoms with E-state index in [2.05, 4.69) is 4.74 Å². The SMILES string of the molecule is COC(=O)CCC(F)([N+](=O)[O-])C(F)(F)F. The van der Waals surface area contributed by atoms with E-state index >= 15 is 0 Å². The molecule has 15 heavy (non-hydrogen) atoms. The highest BCUT2D eigenvalue weighted by Gasteiger charge is 2.67. The number of alkyl halides is 4. The molecule has 0 fully saturated rings. The number of esters is 1. The van der Waals surface area contributed by atoms with Crippen LogP contribution in [0.1, 0.15) is 12.8 Å². The van der Waals surface area contributed by atoms with Gasteiger partial charge in [0.2, 0.25) is 0 Å². The summed E-state index contributed by atoms with van der Waals surface area (Å²) < 4.78 is 52.7. The molecule has 1 atom stereocenters. The lowest BCUT2D eigenvalue weighted by molar-refractivity contribution is -0.650. The number of carbonyl (C=O) groups is 1. The zero-order chi connectivity index (χ0) is 12.3. The van der Waals surface area contributed by atoms with Gasteiger partial charge in [0, 0.05) is 0 Å². The molecule has 0 rings (SSSR count). The third-order valence-electron chi connectivity index (χ3n) is 1.61. The summed E-state index contributed by atoms with van der Waals surface area (Å²) in [5.41, 5.74) is 0. The highest BCUT2D eigenvalue weighted by Crippen LogP contribution is 2.38. The van der Waals surface area contributed by atoms with E-state index in [-0.39, 0.29) is 0 Å². The maximum absolute atomic E-state index is 12.9. The molecular weight excluding hydrogens is 226 g/mol. The van der Waals surface area contributed by atoms with Crippen molar-refractivity contribution in [2.24, 2.45) is 0 Å². The second kappa shape index (κ2) is 4.41. The largest absolute Gasteiger partial charge is 0.494 e. The molecule has 5 nitrogen and oxygen atoms in total. The molecule has 0 aliphatic heterocycles. The van der Waals surface area contributed by atoms with E-state index in [1.54, 1.807) is 0 Å². The number of rotatable bonds is 4. The Hall–Kier alpha value is -1.41. The number of hydrogen-bond donors (Lipinski definition) is 0. The Bertz CT molecular complexity index is 266. The molecule has 0 aliphatic rings. The molecule has 0 aromatic rings. The molecule has 0 heterocycles. The molecule has 0 aliphatic carbocycles. The van der Waals surface area contributed by atoms with Gasteiger partial charge in [0.15, 0.2) is 0 Å². The molecule has 0 spiro atoms. The van der Waals surface area contributed by atoms with E-state index in [0.717, 1.165) is 7.11 Å². The van der Waals surface area contributed by atoms with Crippen molar-refractivity contribution >= 4 is 5.97 Å². The summed E-state index contributed by atoms with van der Waals surface area (Å²) in [7, 11) is 0.877. The fourth-order valence-corrected chi connectivity index (χ4v) is 0.706. The Morgan fingerprint density at radius 1 is 1.40 bits per heavy atom. The normalized spacial score (nSPS) is 15.5. The Morgan fingerprint density at radius 3 is 2.13 bits per heavy atom. The van der Waals surface area contributed by atoms with E-state index in [4.69, 9.17) is 0 Å². The van der Waals surface area contributed by atoms with Crippen LogP contribution in [0, 0.1) is 10.1 Å². The summed E-state index contributed by atoms with van der Waals surface area (Å²) in [6.07, 6.45) is -8.28. The van der Waals surface area contributed by atoms with E-state index in [0.29, 0.717) is 0 Å². The average Bonchev–Trinajstić information content (AvgIpc) is 2.11. The average molecular weight is 233 g/mol. The van der Waals surface area contributed by atoms with Crippen LogP contribution in [0.2, 0.25) is 0 Å². The number of halogens is 4. The van der Waals surface area contributed by atoms with E-state index in [1.165, 1.54) is 0 Å². The highest BCUT2D eigenvalue weighted by molar-refractivity contribution is 5.69. The van der Waals surface area contributed by atoms with Crippen molar-refractivity contribution in [3.63, 3.8) is 0 Å². The van der Waals surface area contributed by atoms with Crippen molar-refractivity contribution in [1.82, 2.24) is 0 Å².